The normalized spacial score (nSPS) is 18.8. The molecule has 126 valence electrons. The van der Waals surface area contributed by atoms with Crippen LogP contribution in [0.1, 0.15) is 8.29 Å². The fourth-order valence-corrected chi connectivity index (χ4v) is 4.07. The molecular weight excluding hydrogens is 334 g/mol. The Hall–Kier alpha value is -2.51. The van der Waals surface area contributed by atoms with Crippen molar-refractivity contribution in [2.75, 3.05) is 24.7 Å². The van der Waals surface area contributed by atoms with Crippen molar-refractivity contribution in [2.24, 2.45) is 0 Å². The second-order valence-electron chi connectivity index (χ2n) is 6.14. The van der Waals surface area contributed by atoms with Crippen molar-refractivity contribution in [3.8, 4) is 11.4 Å². The van der Waals surface area contributed by atoms with Gasteiger partial charge >= 0.3 is 0 Å². The van der Waals surface area contributed by atoms with Gasteiger partial charge in [-0.05, 0) is 30.5 Å². The molecule has 0 aliphatic carbocycles. The lowest BCUT2D eigenvalue weighted by atomic mass is 10.1. The van der Waals surface area contributed by atoms with Crippen LogP contribution >= 0.6 is 11.3 Å². The number of aromatic amines is 1. The lowest BCUT2D eigenvalue weighted by Crippen LogP contribution is -2.44. The third-order valence-electron chi connectivity index (χ3n) is 4.56. The molecule has 1 unspecified atom stereocenters. The fraction of sp³-hybridized carbons (Fsp3) is 0.278. The van der Waals surface area contributed by atoms with Gasteiger partial charge in [-0.15, -0.1) is 11.3 Å². The van der Waals surface area contributed by atoms with E-state index in [2.05, 4.69) is 21.8 Å². The number of thiophene rings is 1. The lowest BCUT2D eigenvalue weighted by Gasteiger charge is -2.34. The first-order valence-corrected chi connectivity index (χ1v) is 9.13. The number of nitrogens with zero attached hydrogens (tertiary/aromatic N) is 4. The van der Waals surface area contributed by atoms with E-state index in [1.54, 1.807) is 6.20 Å². The molecule has 5 heterocycles. The van der Waals surface area contributed by atoms with Crippen LogP contribution in [0, 0.1) is 0 Å². The van der Waals surface area contributed by atoms with Crippen LogP contribution in [0.4, 0.5) is 5.82 Å². The largest absolute Gasteiger partial charge is 0.377 e. The van der Waals surface area contributed by atoms with E-state index in [0.29, 0.717) is 30.6 Å². The van der Waals surface area contributed by atoms with E-state index in [0.717, 1.165) is 33.7 Å². The first-order valence-electron chi connectivity index (χ1n) is 8.75. The van der Waals surface area contributed by atoms with Gasteiger partial charge in [0.05, 0.1) is 30.8 Å². The summed E-state index contributed by atoms with van der Waals surface area (Å²) in [6.45, 7) is 4.28. The Morgan fingerprint density at radius 1 is 1.40 bits per heavy atom. The van der Waals surface area contributed by atoms with Gasteiger partial charge in [-0.2, -0.15) is 0 Å². The molecule has 1 fully saturated rings. The molecule has 1 aliphatic heterocycles. The van der Waals surface area contributed by atoms with Crippen LogP contribution in [0.2, 0.25) is 0 Å². The van der Waals surface area contributed by atoms with E-state index >= 15 is 0 Å². The number of morpholine rings is 1. The van der Waals surface area contributed by atoms with Crippen molar-refractivity contribution in [3.05, 3.63) is 35.9 Å². The van der Waals surface area contributed by atoms with Crippen molar-refractivity contribution >= 4 is 38.4 Å². The van der Waals surface area contributed by atoms with E-state index in [4.69, 9.17) is 16.1 Å². The standard InChI is InChI=1S/C18H17N5OS/c1-11-10-24-8-7-23(11)18-15-14(4-9-25-15)21-17(22-18)13-3-6-20-16-12(13)2-5-19-16/h2-6,9,11H,7-8,10H2,1H3,(H,19,20)/i4D. The molecule has 1 aliphatic rings. The van der Waals surface area contributed by atoms with Crippen LogP contribution in [-0.4, -0.2) is 45.7 Å². The number of pyridine rings is 1. The van der Waals surface area contributed by atoms with E-state index in [1.165, 1.54) is 11.3 Å². The van der Waals surface area contributed by atoms with Crippen LogP contribution in [0.15, 0.2) is 35.9 Å². The summed E-state index contributed by atoms with van der Waals surface area (Å²) in [6, 6.07) is 4.59. The minimum absolute atomic E-state index is 0.232. The maximum Gasteiger partial charge on any atom is 0.163 e. The molecule has 7 heteroatoms. The van der Waals surface area contributed by atoms with Crippen molar-refractivity contribution < 1.29 is 6.11 Å². The van der Waals surface area contributed by atoms with Gasteiger partial charge in [0.25, 0.3) is 0 Å². The lowest BCUT2D eigenvalue weighted by molar-refractivity contribution is 0.0987. The molecule has 5 rings (SSSR count). The van der Waals surface area contributed by atoms with Gasteiger partial charge in [-0.3, -0.25) is 0 Å². The van der Waals surface area contributed by atoms with E-state index in [1.807, 2.05) is 23.7 Å². The zero-order chi connectivity index (χ0) is 17.7. The maximum absolute atomic E-state index is 8.26. The summed E-state index contributed by atoms with van der Waals surface area (Å²) in [5, 5.41) is 2.81. The van der Waals surface area contributed by atoms with Crippen LogP contribution in [0.3, 0.4) is 0 Å². The number of anilines is 1. The number of fused-ring (bicyclic) bond motifs is 2. The Labute approximate surface area is 149 Å². The first-order chi connectivity index (χ1) is 12.7. The highest BCUT2D eigenvalue weighted by Gasteiger charge is 2.24. The van der Waals surface area contributed by atoms with Crippen LogP contribution in [0.25, 0.3) is 32.6 Å². The highest BCUT2D eigenvalue weighted by atomic mass is 32.1. The van der Waals surface area contributed by atoms with Crippen LogP contribution in [-0.2, 0) is 4.74 Å². The molecule has 0 radical (unpaired) electrons. The summed E-state index contributed by atoms with van der Waals surface area (Å²) < 4.78 is 14.8. The SMILES string of the molecule is [2H]c1csc2c(N3CCOCC3C)nc(-c3ccnc4[nH]ccc34)nc12. The molecule has 0 saturated carbocycles. The van der Waals surface area contributed by atoms with Crippen molar-refractivity contribution in [3.63, 3.8) is 0 Å². The van der Waals surface area contributed by atoms with Gasteiger partial charge in [-0.25, -0.2) is 15.0 Å². The number of rotatable bonds is 2. The molecule has 0 amide bonds. The quantitative estimate of drug-likeness (QED) is 0.598. The maximum atomic E-state index is 8.26. The van der Waals surface area contributed by atoms with Crippen molar-refractivity contribution in [1.82, 2.24) is 19.9 Å². The molecule has 0 aromatic carbocycles. The second-order valence-corrected chi connectivity index (χ2v) is 7.02. The molecule has 0 bridgehead atoms. The number of hydrogen-bond acceptors (Lipinski definition) is 6. The molecule has 4 aromatic heterocycles. The third kappa shape index (κ3) is 2.39. The summed E-state index contributed by atoms with van der Waals surface area (Å²) >= 11 is 1.53. The second kappa shape index (κ2) is 5.79. The van der Waals surface area contributed by atoms with Crippen LogP contribution in [0.5, 0.6) is 0 Å². The summed E-state index contributed by atoms with van der Waals surface area (Å²) in [6.07, 6.45) is 3.62. The Morgan fingerprint density at radius 2 is 2.36 bits per heavy atom. The number of H-pyrrole nitrogens is 1. The van der Waals surface area contributed by atoms with Gasteiger partial charge in [0.15, 0.2) is 11.6 Å². The molecule has 25 heavy (non-hydrogen) atoms. The Bertz CT molecular complexity index is 1110. The van der Waals surface area contributed by atoms with Crippen LogP contribution < -0.4 is 4.90 Å². The van der Waals surface area contributed by atoms with Gasteiger partial charge in [0.2, 0.25) is 0 Å². The highest BCUT2D eigenvalue weighted by Crippen LogP contribution is 2.34. The average molecular weight is 352 g/mol. The van der Waals surface area contributed by atoms with Gasteiger partial charge in [-0.1, -0.05) is 0 Å². The minimum Gasteiger partial charge on any atom is -0.377 e. The van der Waals surface area contributed by atoms with Gasteiger partial charge in [0, 0.05) is 29.9 Å². The molecule has 1 N–H and O–H groups in total. The smallest absolute Gasteiger partial charge is 0.163 e. The van der Waals surface area contributed by atoms with E-state index < -0.39 is 0 Å². The van der Waals surface area contributed by atoms with E-state index in [-0.39, 0.29) is 6.04 Å². The van der Waals surface area contributed by atoms with Gasteiger partial charge in [0.1, 0.15) is 5.65 Å². The molecular formula is C18H17N5OS. The number of ether oxygens (including phenoxy) is 1. The zero-order valence-corrected chi connectivity index (χ0v) is 14.5. The van der Waals surface area contributed by atoms with Crippen molar-refractivity contribution in [1.29, 1.82) is 0 Å². The average Bonchev–Trinajstić information content (AvgIpc) is 3.28. The summed E-state index contributed by atoms with van der Waals surface area (Å²) in [7, 11) is 0. The Balaban J connectivity index is 1.76. The zero-order valence-electron chi connectivity index (χ0n) is 14.7. The predicted molar refractivity (Wildman–Crippen MR) is 100 cm³/mol. The molecule has 6 nitrogen and oxygen atoms in total. The predicted octanol–water partition coefficient (Wildman–Crippen LogP) is 3.46. The monoisotopic (exact) mass is 352 g/mol. The first kappa shape index (κ1) is 13.7. The summed E-state index contributed by atoms with van der Waals surface area (Å²) in [4.78, 5) is 19.4. The Morgan fingerprint density at radius 3 is 3.28 bits per heavy atom. The third-order valence-corrected chi connectivity index (χ3v) is 5.41. The van der Waals surface area contributed by atoms with Gasteiger partial charge < -0.3 is 14.6 Å². The minimum atomic E-state index is 0.232. The Kier molecular flexibility index (Phi) is 3.18. The number of aromatic nitrogens is 4. The number of nitrogens with one attached hydrogen (secondary N) is 1. The number of hydrogen-bond donors (Lipinski definition) is 1. The van der Waals surface area contributed by atoms with Crippen molar-refractivity contribution in [2.45, 2.75) is 13.0 Å². The highest BCUT2D eigenvalue weighted by molar-refractivity contribution is 7.17. The summed E-state index contributed by atoms with van der Waals surface area (Å²) in [5.74, 6) is 1.52. The van der Waals surface area contributed by atoms with E-state index in [9.17, 15) is 0 Å². The topological polar surface area (TPSA) is 66.9 Å². The summed E-state index contributed by atoms with van der Waals surface area (Å²) in [5.41, 5.74) is 2.43. The molecule has 0 spiro atoms. The fourth-order valence-electron chi connectivity index (χ4n) is 3.30. The molecule has 1 saturated heterocycles. The molecule has 1 atom stereocenters. The molecule has 4 aromatic rings.